The second-order valence-corrected chi connectivity index (χ2v) is 10.8. The normalized spacial score (nSPS) is 15.5. The lowest BCUT2D eigenvalue weighted by molar-refractivity contribution is -0.207. The Morgan fingerprint density at radius 2 is 1.74 bits per heavy atom. The van der Waals surface area contributed by atoms with Gasteiger partial charge in [-0.2, -0.15) is 26.3 Å². The fourth-order valence-corrected chi connectivity index (χ4v) is 4.54. The molecule has 1 saturated carbocycles. The van der Waals surface area contributed by atoms with Crippen molar-refractivity contribution >= 4 is 29.4 Å². The highest BCUT2D eigenvalue weighted by Crippen LogP contribution is 2.38. The van der Waals surface area contributed by atoms with Crippen molar-refractivity contribution < 1.29 is 50.6 Å². The fraction of sp³-hybridized carbons (Fsp3) is 0.393. The molecule has 0 bridgehead atoms. The van der Waals surface area contributed by atoms with E-state index in [1.807, 2.05) is 0 Å². The minimum Gasteiger partial charge on any atom is -0.464 e. The summed E-state index contributed by atoms with van der Waals surface area (Å²) in [5, 5.41) is 18.5. The molecule has 1 fully saturated rings. The summed E-state index contributed by atoms with van der Waals surface area (Å²) < 4.78 is 85.8. The van der Waals surface area contributed by atoms with Gasteiger partial charge in [0.1, 0.15) is 18.1 Å². The van der Waals surface area contributed by atoms with E-state index in [1.54, 1.807) is 0 Å². The number of esters is 1. The maximum atomic E-state index is 13.5. The molecule has 1 heterocycles. The monoisotopic (exact) mass is 677 g/mol. The zero-order valence-corrected chi connectivity index (χ0v) is 24.5. The van der Waals surface area contributed by atoms with Gasteiger partial charge in [-0.25, -0.2) is 14.3 Å². The molecule has 0 radical (unpaired) electrons. The Kier molecular flexibility index (Phi) is 9.86. The second kappa shape index (κ2) is 13.2. The number of alkyl halides is 6. The molecular formula is C28H26ClF6N5O6. The molecule has 4 rings (SSSR count). The van der Waals surface area contributed by atoms with Gasteiger partial charge < -0.3 is 20.5 Å². The largest absolute Gasteiger partial charge is 0.464 e. The molecule has 11 nitrogen and oxygen atoms in total. The molecule has 1 aromatic heterocycles. The van der Waals surface area contributed by atoms with Crippen LogP contribution in [0.15, 0.2) is 53.3 Å². The van der Waals surface area contributed by atoms with Gasteiger partial charge >= 0.3 is 24.0 Å². The number of aromatic nitrogens is 3. The standard InChI is InChI=1S/C28H26ClF6N5O6/c1-2-46-24(44)26(10-11-26)37-23(43)21(16-4-3-5-17(12-16)27(30,31)32)36-20(42)14-40-25(45)39(13-19(41)28(33,34)35)22(38-40)15-6-8-18(29)9-7-15/h3-9,12,19,21,41H,2,10-11,13-14H2,1H3,(H,36,42)(H,37,43). The van der Waals surface area contributed by atoms with Crippen LogP contribution in [0.2, 0.25) is 5.02 Å². The van der Waals surface area contributed by atoms with Crippen LogP contribution < -0.4 is 16.3 Å². The van der Waals surface area contributed by atoms with Crippen LogP contribution in [0, 0.1) is 0 Å². The van der Waals surface area contributed by atoms with Crippen LogP contribution in [0.5, 0.6) is 0 Å². The lowest BCUT2D eigenvalue weighted by Crippen LogP contribution is -2.50. The number of aliphatic hydroxyl groups excluding tert-OH is 1. The highest BCUT2D eigenvalue weighted by Gasteiger charge is 2.53. The summed E-state index contributed by atoms with van der Waals surface area (Å²) in [6.45, 7) is -0.760. The molecule has 3 aromatic rings. The van der Waals surface area contributed by atoms with E-state index in [0.717, 1.165) is 18.2 Å². The predicted octanol–water partition coefficient (Wildman–Crippen LogP) is 3.38. The van der Waals surface area contributed by atoms with E-state index in [-0.39, 0.29) is 41.4 Å². The molecule has 2 unspecified atom stereocenters. The minimum absolute atomic E-state index is 0.0103. The summed E-state index contributed by atoms with van der Waals surface area (Å²) in [4.78, 5) is 52.1. The average Bonchev–Trinajstić information content (AvgIpc) is 3.70. The zero-order valence-electron chi connectivity index (χ0n) is 23.8. The Balaban J connectivity index is 1.66. The number of carbonyl (C=O) groups is 3. The second-order valence-electron chi connectivity index (χ2n) is 10.4. The Bertz CT molecular complexity index is 1670. The molecule has 3 N–H and O–H groups in total. The van der Waals surface area contributed by atoms with Crippen LogP contribution >= 0.6 is 11.6 Å². The topological polar surface area (TPSA) is 145 Å². The van der Waals surface area contributed by atoms with Gasteiger partial charge in [-0.15, -0.1) is 5.10 Å². The van der Waals surface area contributed by atoms with E-state index in [1.165, 1.54) is 31.2 Å². The number of ether oxygens (including phenoxy) is 1. The first kappa shape index (κ1) is 34.5. The van der Waals surface area contributed by atoms with Gasteiger partial charge in [0.05, 0.1) is 18.7 Å². The zero-order chi connectivity index (χ0) is 34.0. The number of halogens is 7. The molecule has 1 aliphatic carbocycles. The van der Waals surface area contributed by atoms with Crippen LogP contribution in [-0.4, -0.2) is 61.7 Å². The van der Waals surface area contributed by atoms with Crippen molar-refractivity contribution in [1.29, 1.82) is 0 Å². The molecule has 2 aromatic carbocycles. The quantitative estimate of drug-likeness (QED) is 0.209. The molecule has 0 saturated heterocycles. The molecule has 1 aliphatic rings. The van der Waals surface area contributed by atoms with Gasteiger partial charge in [0.25, 0.3) is 0 Å². The van der Waals surface area contributed by atoms with Crippen molar-refractivity contribution in [3.8, 4) is 11.4 Å². The minimum atomic E-state index is -5.11. The fourth-order valence-electron chi connectivity index (χ4n) is 4.42. The summed E-state index contributed by atoms with van der Waals surface area (Å²) in [5.74, 6) is -3.35. The van der Waals surface area contributed by atoms with Gasteiger partial charge in [0.15, 0.2) is 11.9 Å². The van der Waals surface area contributed by atoms with Crippen LogP contribution in [-0.2, 0) is 38.4 Å². The van der Waals surface area contributed by atoms with Crippen molar-refractivity contribution in [3.05, 3.63) is 75.2 Å². The Morgan fingerprint density at radius 3 is 2.30 bits per heavy atom. The molecule has 2 atom stereocenters. The first-order valence-electron chi connectivity index (χ1n) is 13.6. The molecule has 18 heteroatoms. The maximum Gasteiger partial charge on any atom is 0.416 e. The van der Waals surface area contributed by atoms with Crippen LogP contribution in [0.1, 0.15) is 36.9 Å². The SMILES string of the molecule is CCOC(=O)C1(NC(=O)C(NC(=O)Cn2nc(-c3ccc(Cl)cc3)n(CC(O)C(F)(F)F)c2=O)c2cccc(C(F)(F)F)c2)CC1. The van der Waals surface area contributed by atoms with Crippen molar-refractivity contribution in [1.82, 2.24) is 25.0 Å². The van der Waals surface area contributed by atoms with E-state index in [2.05, 4.69) is 15.7 Å². The first-order chi connectivity index (χ1) is 21.4. The third-order valence-corrected chi connectivity index (χ3v) is 7.20. The molecule has 46 heavy (non-hydrogen) atoms. The Hall–Kier alpha value is -4.38. The Morgan fingerprint density at radius 1 is 1.09 bits per heavy atom. The Labute approximate surface area is 261 Å². The number of rotatable bonds is 11. The molecule has 248 valence electrons. The van der Waals surface area contributed by atoms with Crippen molar-refractivity contribution in [2.24, 2.45) is 0 Å². The number of benzene rings is 2. The summed E-state index contributed by atoms with van der Waals surface area (Å²) in [7, 11) is 0. The maximum absolute atomic E-state index is 13.5. The lowest BCUT2D eigenvalue weighted by atomic mass is 10.0. The van der Waals surface area contributed by atoms with Crippen molar-refractivity contribution in [2.45, 2.75) is 62.9 Å². The number of amides is 2. The van der Waals surface area contributed by atoms with E-state index < -0.39 is 72.2 Å². The van der Waals surface area contributed by atoms with E-state index >= 15 is 0 Å². The smallest absolute Gasteiger partial charge is 0.416 e. The van der Waals surface area contributed by atoms with Crippen LogP contribution in [0.3, 0.4) is 0 Å². The summed E-state index contributed by atoms with van der Waals surface area (Å²) in [6.07, 6.45) is -12.6. The van der Waals surface area contributed by atoms with Crippen molar-refractivity contribution in [3.63, 3.8) is 0 Å². The van der Waals surface area contributed by atoms with Crippen molar-refractivity contribution in [2.75, 3.05) is 6.61 Å². The number of nitrogens with one attached hydrogen (secondary N) is 2. The molecule has 2 amide bonds. The van der Waals surface area contributed by atoms with Crippen LogP contribution in [0.4, 0.5) is 26.3 Å². The number of hydrogen-bond donors (Lipinski definition) is 3. The summed E-state index contributed by atoms with van der Waals surface area (Å²) >= 11 is 5.87. The summed E-state index contributed by atoms with van der Waals surface area (Å²) in [5.41, 5.74) is -4.06. The molecular weight excluding hydrogens is 652 g/mol. The average molecular weight is 678 g/mol. The van der Waals surface area contributed by atoms with E-state index in [4.69, 9.17) is 16.3 Å². The predicted molar refractivity (Wildman–Crippen MR) is 148 cm³/mol. The first-order valence-corrected chi connectivity index (χ1v) is 14.0. The van der Waals surface area contributed by atoms with E-state index in [0.29, 0.717) is 15.3 Å². The number of aliphatic hydroxyl groups is 1. The molecule has 0 spiro atoms. The van der Waals surface area contributed by atoms with Crippen LogP contribution in [0.25, 0.3) is 11.4 Å². The van der Waals surface area contributed by atoms with E-state index in [9.17, 15) is 50.6 Å². The van der Waals surface area contributed by atoms with Gasteiger partial charge in [0, 0.05) is 10.6 Å². The van der Waals surface area contributed by atoms with Gasteiger partial charge in [0.2, 0.25) is 11.8 Å². The van der Waals surface area contributed by atoms with Gasteiger partial charge in [-0.1, -0.05) is 23.7 Å². The number of hydrogen-bond acceptors (Lipinski definition) is 7. The molecule has 0 aliphatic heterocycles. The highest BCUT2D eigenvalue weighted by molar-refractivity contribution is 6.30. The highest BCUT2D eigenvalue weighted by atomic mass is 35.5. The third kappa shape index (κ3) is 7.88. The summed E-state index contributed by atoms with van der Waals surface area (Å²) in [6, 6.07) is 7.04. The number of carbonyl (C=O) groups excluding carboxylic acids is 3. The number of nitrogens with zero attached hydrogens (tertiary/aromatic N) is 3. The third-order valence-electron chi connectivity index (χ3n) is 6.95. The lowest BCUT2D eigenvalue weighted by Gasteiger charge is -2.23. The van der Waals surface area contributed by atoms with Gasteiger partial charge in [-0.3, -0.25) is 14.2 Å². The van der Waals surface area contributed by atoms with Gasteiger partial charge in [-0.05, 0) is 61.7 Å².